The van der Waals surface area contributed by atoms with E-state index < -0.39 is 0 Å². The minimum atomic E-state index is -0.314. The number of nitrogens with zero attached hydrogens (tertiary/aromatic N) is 2. The monoisotopic (exact) mass is 375 g/mol. The molecule has 4 rings (SSSR count). The van der Waals surface area contributed by atoms with Crippen LogP contribution in [0.25, 0.3) is 22.4 Å². The number of amides is 1. The van der Waals surface area contributed by atoms with E-state index in [2.05, 4.69) is 15.5 Å². The normalized spacial score (nSPS) is 12.1. The minimum Gasteiger partial charge on any atom is -0.345 e. The Labute approximate surface area is 161 Å². The van der Waals surface area contributed by atoms with Crippen LogP contribution in [0.3, 0.4) is 0 Å². The van der Waals surface area contributed by atoms with Crippen LogP contribution in [0.1, 0.15) is 34.6 Å². The number of benzene rings is 2. The van der Waals surface area contributed by atoms with E-state index >= 15 is 0 Å². The van der Waals surface area contributed by atoms with E-state index in [1.807, 2.05) is 37.3 Å². The number of fused-ring (bicyclic) bond motifs is 1. The smallest absolute Gasteiger partial charge is 0.259 e. The molecule has 5 nitrogen and oxygen atoms in total. The molecule has 1 N–H and O–H groups in total. The third-order valence-electron chi connectivity index (χ3n) is 4.65. The maximum absolute atomic E-state index is 13.2. The summed E-state index contributed by atoms with van der Waals surface area (Å²) in [6.07, 6.45) is 0. The Morgan fingerprint density at radius 1 is 1.11 bits per heavy atom. The Morgan fingerprint density at radius 3 is 2.54 bits per heavy atom. The standard InChI is InChI=1S/C22H18FN3O2/c1-13(15-8-10-17(23)11-9-15)24-21(27)18-12-19(16-6-4-3-5-7-16)25-22-20(18)14(2)26-28-22/h3-13H,1-2H3,(H,24,27)/t13-/m1/s1. The summed E-state index contributed by atoms with van der Waals surface area (Å²) in [5, 5.41) is 7.51. The topological polar surface area (TPSA) is 68.0 Å². The molecular weight excluding hydrogens is 357 g/mol. The first kappa shape index (κ1) is 17.9. The van der Waals surface area contributed by atoms with Gasteiger partial charge in [0.2, 0.25) is 0 Å². The lowest BCUT2D eigenvalue weighted by molar-refractivity contribution is 0.0941. The van der Waals surface area contributed by atoms with Gasteiger partial charge in [0, 0.05) is 5.56 Å². The van der Waals surface area contributed by atoms with Crippen LogP contribution < -0.4 is 5.32 Å². The van der Waals surface area contributed by atoms with E-state index in [1.54, 1.807) is 25.1 Å². The lowest BCUT2D eigenvalue weighted by atomic mass is 10.0. The zero-order valence-corrected chi connectivity index (χ0v) is 15.4. The van der Waals surface area contributed by atoms with Crippen LogP contribution in [-0.4, -0.2) is 16.0 Å². The van der Waals surface area contributed by atoms with Gasteiger partial charge in [-0.3, -0.25) is 4.79 Å². The summed E-state index contributed by atoms with van der Waals surface area (Å²) in [4.78, 5) is 17.6. The molecule has 0 aliphatic carbocycles. The third kappa shape index (κ3) is 3.36. The van der Waals surface area contributed by atoms with Gasteiger partial charge in [0.25, 0.3) is 11.6 Å². The van der Waals surface area contributed by atoms with Crippen LogP contribution in [0.2, 0.25) is 0 Å². The van der Waals surface area contributed by atoms with Gasteiger partial charge < -0.3 is 9.84 Å². The number of nitrogens with one attached hydrogen (secondary N) is 1. The maximum Gasteiger partial charge on any atom is 0.259 e. The summed E-state index contributed by atoms with van der Waals surface area (Å²) in [5.74, 6) is -0.585. The van der Waals surface area contributed by atoms with Crippen molar-refractivity contribution in [2.75, 3.05) is 0 Å². The molecule has 0 fully saturated rings. The number of hydrogen-bond donors (Lipinski definition) is 1. The maximum atomic E-state index is 13.2. The van der Waals surface area contributed by atoms with Gasteiger partial charge in [-0.1, -0.05) is 47.6 Å². The van der Waals surface area contributed by atoms with Crippen LogP contribution in [-0.2, 0) is 0 Å². The molecule has 0 aliphatic heterocycles. The number of carbonyl (C=O) groups is 1. The van der Waals surface area contributed by atoms with Crippen molar-refractivity contribution in [3.63, 3.8) is 0 Å². The molecular formula is C22H18FN3O2. The van der Waals surface area contributed by atoms with Crippen molar-refractivity contribution in [3.05, 3.63) is 83.3 Å². The summed E-state index contributed by atoms with van der Waals surface area (Å²) in [6, 6.07) is 17.1. The summed E-state index contributed by atoms with van der Waals surface area (Å²) in [7, 11) is 0. The summed E-state index contributed by atoms with van der Waals surface area (Å²) >= 11 is 0. The molecule has 0 radical (unpaired) electrons. The molecule has 0 unspecified atom stereocenters. The fourth-order valence-electron chi connectivity index (χ4n) is 3.14. The van der Waals surface area contributed by atoms with Crippen LogP contribution in [0.4, 0.5) is 4.39 Å². The van der Waals surface area contributed by atoms with Crippen molar-refractivity contribution in [1.82, 2.24) is 15.5 Å². The van der Waals surface area contributed by atoms with Gasteiger partial charge in [-0.2, -0.15) is 0 Å². The Balaban J connectivity index is 1.73. The molecule has 2 heterocycles. The van der Waals surface area contributed by atoms with Crippen molar-refractivity contribution in [1.29, 1.82) is 0 Å². The highest BCUT2D eigenvalue weighted by Crippen LogP contribution is 2.27. The van der Waals surface area contributed by atoms with E-state index in [0.717, 1.165) is 11.1 Å². The first-order chi connectivity index (χ1) is 13.5. The molecule has 0 saturated carbocycles. The predicted octanol–water partition coefficient (Wildman–Crippen LogP) is 4.83. The number of pyridine rings is 1. The average molecular weight is 375 g/mol. The van der Waals surface area contributed by atoms with E-state index in [-0.39, 0.29) is 17.8 Å². The summed E-state index contributed by atoms with van der Waals surface area (Å²) < 4.78 is 18.5. The fraction of sp³-hybridized carbons (Fsp3) is 0.136. The second-order valence-electron chi connectivity index (χ2n) is 6.62. The van der Waals surface area contributed by atoms with Crippen molar-refractivity contribution in [2.24, 2.45) is 0 Å². The predicted molar refractivity (Wildman–Crippen MR) is 104 cm³/mol. The molecule has 0 aliphatic rings. The molecule has 0 spiro atoms. The first-order valence-electron chi connectivity index (χ1n) is 8.91. The van der Waals surface area contributed by atoms with Gasteiger partial charge in [0.1, 0.15) is 5.82 Å². The number of rotatable bonds is 4. The third-order valence-corrected chi connectivity index (χ3v) is 4.65. The van der Waals surface area contributed by atoms with Crippen LogP contribution >= 0.6 is 0 Å². The number of carbonyl (C=O) groups excluding carboxylic acids is 1. The molecule has 28 heavy (non-hydrogen) atoms. The molecule has 2 aromatic carbocycles. The molecule has 2 aromatic heterocycles. The Kier molecular flexibility index (Phi) is 4.61. The summed E-state index contributed by atoms with van der Waals surface area (Å²) in [5.41, 5.74) is 3.67. The molecule has 1 amide bonds. The van der Waals surface area contributed by atoms with E-state index in [9.17, 15) is 9.18 Å². The second-order valence-corrected chi connectivity index (χ2v) is 6.62. The van der Waals surface area contributed by atoms with Gasteiger partial charge in [-0.25, -0.2) is 9.37 Å². The largest absolute Gasteiger partial charge is 0.345 e. The van der Waals surface area contributed by atoms with Gasteiger partial charge >= 0.3 is 0 Å². The fourth-order valence-corrected chi connectivity index (χ4v) is 3.14. The average Bonchev–Trinajstić information content (AvgIpc) is 3.09. The Hall–Kier alpha value is -3.54. The van der Waals surface area contributed by atoms with Gasteiger partial charge in [-0.05, 0) is 37.6 Å². The van der Waals surface area contributed by atoms with Gasteiger partial charge in [-0.15, -0.1) is 0 Å². The number of aryl methyl sites for hydroxylation is 1. The number of aromatic nitrogens is 2. The molecule has 0 bridgehead atoms. The highest BCUT2D eigenvalue weighted by molar-refractivity contribution is 6.07. The van der Waals surface area contributed by atoms with Crippen molar-refractivity contribution >= 4 is 17.0 Å². The van der Waals surface area contributed by atoms with Gasteiger partial charge in [0.05, 0.1) is 28.4 Å². The molecule has 0 saturated heterocycles. The molecule has 1 atom stereocenters. The molecule has 140 valence electrons. The Bertz CT molecular complexity index is 1140. The molecule has 6 heteroatoms. The number of hydrogen-bond acceptors (Lipinski definition) is 4. The molecule has 4 aromatic rings. The van der Waals surface area contributed by atoms with Crippen molar-refractivity contribution < 1.29 is 13.7 Å². The SMILES string of the molecule is Cc1noc2nc(-c3ccccc3)cc(C(=O)N[C@H](C)c3ccc(F)cc3)c12. The van der Waals surface area contributed by atoms with Crippen molar-refractivity contribution in [2.45, 2.75) is 19.9 Å². The highest BCUT2D eigenvalue weighted by Gasteiger charge is 2.21. The van der Waals surface area contributed by atoms with E-state index in [1.165, 1.54) is 12.1 Å². The van der Waals surface area contributed by atoms with Crippen LogP contribution in [0.5, 0.6) is 0 Å². The van der Waals surface area contributed by atoms with Gasteiger partial charge in [0.15, 0.2) is 0 Å². The quantitative estimate of drug-likeness (QED) is 0.555. The van der Waals surface area contributed by atoms with Crippen molar-refractivity contribution in [3.8, 4) is 11.3 Å². The highest BCUT2D eigenvalue weighted by atomic mass is 19.1. The first-order valence-corrected chi connectivity index (χ1v) is 8.91. The Morgan fingerprint density at radius 2 is 1.82 bits per heavy atom. The lowest BCUT2D eigenvalue weighted by Gasteiger charge is -2.15. The summed E-state index contributed by atoms with van der Waals surface area (Å²) in [6.45, 7) is 3.62. The van der Waals surface area contributed by atoms with E-state index in [4.69, 9.17) is 4.52 Å². The lowest BCUT2D eigenvalue weighted by Crippen LogP contribution is -2.27. The van der Waals surface area contributed by atoms with E-state index in [0.29, 0.717) is 28.1 Å². The number of halogens is 1. The zero-order valence-electron chi connectivity index (χ0n) is 15.4. The van der Waals surface area contributed by atoms with Crippen LogP contribution in [0.15, 0.2) is 65.2 Å². The minimum absolute atomic E-state index is 0.271. The van der Waals surface area contributed by atoms with Crippen LogP contribution in [0, 0.1) is 12.7 Å². The second kappa shape index (κ2) is 7.23. The zero-order chi connectivity index (χ0) is 19.7.